The lowest BCUT2D eigenvalue weighted by Crippen LogP contribution is -2.38. The van der Waals surface area contributed by atoms with Crippen LogP contribution < -0.4 is 9.80 Å². The third-order valence-corrected chi connectivity index (χ3v) is 26.5. The number of aromatic nitrogens is 3. The average molecular weight is 1670 g/mol. The molecular weight excluding hydrogens is 1540 g/mol. The van der Waals surface area contributed by atoms with Crippen LogP contribution in [0.15, 0.2) is 235 Å². The molecule has 7 heterocycles. The Balaban J connectivity index is 0.000000121. The summed E-state index contributed by atoms with van der Waals surface area (Å²) in [7, 11) is 0. The van der Waals surface area contributed by atoms with Crippen molar-refractivity contribution in [1.82, 2.24) is 35.0 Å². The standard InChI is InChI=1S/C23H27N3O2.C22H26N4O.C22H27N3O.C21H26N4.C15H25N3/c1-14(2)23(27)28-20-13-16-9-5-6-10-17(16)22-21(24-25-26(22)15(3)4)19-12-8-7-11-18(19)20;1-14(2)22(27)25-13-16-9-5-6-10-17(16)21-20(23-24-26(21)15(3)4)18-11-7-8-12-19(18)25;1-14(2)25-22-17-10-6-5-9-16(17)13-20(26-15(3)4)18-11-7-8-12-19(18)21(22)23-24-25;1-14(2)24-13-16-9-5-6-10-17(16)21-20(22-23-25(21)15(3)4)18-11-7-8-12-19(18)24;1-9(2)15-11-5-7-13-14(8-6-12(11)15)18(10(3)4)17-16-13/h5-12,14-15,20-22H,13H2,1-4H3;5-12,14-15,20-21H,13H2,1-4H3;5-12,14-15,20-22H,13H2,1-4H3;5-12,14-15,20-21H,13H2,1-4H3;9-12,15H,5-8H2,1-4H3. The molecule has 0 bridgehead atoms. The summed E-state index contributed by atoms with van der Waals surface area (Å²) in [5, 5.41) is 54.2. The highest BCUT2D eigenvalue weighted by molar-refractivity contribution is 5.95. The molecule has 0 N–H and O–H groups in total. The number of nitrogens with zero attached hydrogens (tertiary/aromatic N) is 17. The van der Waals surface area contributed by atoms with Gasteiger partial charge in [0.25, 0.3) is 0 Å². The highest BCUT2D eigenvalue weighted by Crippen LogP contribution is 2.58. The highest BCUT2D eigenvalue weighted by Gasteiger charge is 2.52. The molecule has 6 aliphatic heterocycles. The first kappa shape index (κ1) is 88.1. The van der Waals surface area contributed by atoms with Gasteiger partial charge in [-0.15, -0.1) is 5.10 Å². The Morgan fingerprint density at radius 2 is 0.726 bits per heavy atom. The van der Waals surface area contributed by atoms with E-state index < -0.39 is 0 Å². The summed E-state index contributed by atoms with van der Waals surface area (Å²) in [5.74, 6) is 3.51. The molecule has 1 amide bonds. The van der Waals surface area contributed by atoms with Crippen LogP contribution in [0.25, 0.3) is 0 Å². The molecule has 9 aromatic rings. The van der Waals surface area contributed by atoms with E-state index in [0.29, 0.717) is 37.1 Å². The molecule has 0 radical (unpaired) electrons. The number of carbonyl (C=O) groups is 2. The van der Waals surface area contributed by atoms with Gasteiger partial charge in [-0.3, -0.25) is 29.6 Å². The SMILES string of the molecule is CC(C)C(=O)N1Cc2ccccc2C2C(N=NN2C(C)C)c2ccccc21.CC(C)C(=O)OC1Cc2ccccc2C2C(N=NN2C(C)C)c2ccccc21.CC(C)C1C2CCc3nnn(C(C)C)c3CCC21.CC(C)N1Cc2ccccc2C2C(N=NN2C(C)C)c2ccccc21.CC(C)OC1Cc2ccccc2C2C(N=NN2C(C)C)c2ccccc21. The second kappa shape index (κ2) is 38.0. The van der Waals surface area contributed by atoms with Crippen LogP contribution in [0.3, 0.4) is 0 Å². The van der Waals surface area contributed by atoms with Crippen LogP contribution in [0, 0.1) is 35.5 Å². The third kappa shape index (κ3) is 18.0. The molecule has 21 heteroatoms. The largest absolute Gasteiger partial charge is 0.457 e. The van der Waals surface area contributed by atoms with E-state index in [1.807, 2.05) is 75.1 Å². The smallest absolute Gasteiger partial charge is 0.308 e. The summed E-state index contributed by atoms with van der Waals surface area (Å²) in [6.45, 7) is 44.3. The Hall–Kier alpha value is -10.8. The number of hydrogen-bond acceptors (Lipinski definition) is 19. The molecule has 124 heavy (non-hydrogen) atoms. The molecule has 13 unspecified atom stereocenters. The first-order valence-electron chi connectivity index (χ1n) is 46.0. The number of esters is 1. The molecule has 1 fully saturated rings. The Bertz CT molecular complexity index is 5330. The maximum atomic E-state index is 13.1. The van der Waals surface area contributed by atoms with Gasteiger partial charge in [0.2, 0.25) is 5.91 Å². The van der Waals surface area contributed by atoms with Gasteiger partial charge < -0.3 is 19.3 Å². The molecule has 1 saturated carbocycles. The zero-order chi connectivity index (χ0) is 87.6. The molecular formula is C103H131N17O4. The average Bonchev–Trinajstić information content (AvgIpc) is 1.51. The Kier molecular flexibility index (Phi) is 27.0. The predicted octanol–water partition coefficient (Wildman–Crippen LogP) is 24.5. The van der Waals surface area contributed by atoms with Crippen molar-refractivity contribution < 1.29 is 19.1 Å². The van der Waals surface area contributed by atoms with Gasteiger partial charge in [0.05, 0.1) is 36.1 Å². The van der Waals surface area contributed by atoms with Crippen LogP contribution in [0.2, 0.25) is 0 Å². The lowest BCUT2D eigenvalue weighted by Gasteiger charge is -2.38. The van der Waals surface area contributed by atoms with Crippen molar-refractivity contribution in [3.05, 3.63) is 283 Å². The minimum Gasteiger partial charge on any atom is -0.457 e. The van der Waals surface area contributed by atoms with Gasteiger partial charge in [0, 0.05) is 84.1 Å². The molecule has 21 nitrogen and oxygen atoms in total. The summed E-state index contributed by atoms with van der Waals surface area (Å²) in [5.41, 5.74) is 22.0. The zero-order valence-corrected chi connectivity index (χ0v) is 76.6. The van der Waals surface area contributed by atoms with E-state index in [9.17, 15) is 9.59 Å². The van der Waals surface area contributed by atoms with Gasteiger partial charge >= 0.3 is 5.97 Å². The number of hydrogen-bond donors (Lipinski definition) is 0. The normalized spacial score (nSPS) is 23.7. The lowest BCUT2D eigenvalue weighted by molar-refractivity contribution is -0.153. The molecule has 4 aliphatic carbocycles. The van der Waals surface area contributed by atoms with Crippen molar-refractivity contribution >= 4 is 23.3 Å². The quantitative estimate of drug-likeness (QED) is 0.105. The minimum absolute atomic E-state index is 0.00770. The lowest BCUT2D eigenvalue weighted by atomic mass is 9.81. The Morgan fingerprint density at radius 3 is 1.15 bits per heavy atom. The van der Waals surface area contributed by atoms with Crippen LogP contribution >= 0.6 is 0 Å². The van der Waals surface area contributed by atoms with Gasteiger partial charge in [0.15, 0.2) is 0 Å². The number of para-hydroxylation sites is 2. The van der Waals surface area contributed by atoms with Crippen molar-refractivity contribution in [1.29, 1.82) is 0 Å². The fourth-order valence-electron chi connectivity index (χ4n) is 20.5. The Morgan fingerprint density at radius 1 is 0.363 bits per heavy atom. The molecule has 652 valence electrons. The number of aryl methyl sites for hydroxylation is 1. The number of benzene rings is 8. The van der Waals surface area contributed by atoms with Crippen molar-refractivity contribution in [2.75, 3.05) is 9.80 Å². The molecule has 19 rings (SSSR count). The molecule has 1 aromatic heterocycles. The fourth-order valence-corrected chi connectivity index (χ4v) is 20.5. The van der Waals surface area contributed by atoms with E-state index in [2.05, 4.69) is 333 Å². The van der Waals surface area contributed by atoms with E-state index in [-0.39, 0.29) is 102 Å². The topological polar surface area (TPSA) is 202 Å². The van der Waals surface area contributed by atoms with E-state index in [4.69, 9.17) is 19.7 Å². The second-order valence-electron chi connectivity index (χ2n) is 38.2. The second-order valence-corrected chi connectivity index (χ2v) is 38.2. The molecule has 13 atom stereocenters. The van der Waals surface area contributed by atoms with Crippen LogP contribution in [-0.2, 0) is 57.8 Å². The van der Waals surface area contributed by atoms with Gasteiger partial charge in [0.1, 0.15) is 54.4 Å². The summed E-state index contributed by atoms with van der Waals surface area (Å²) in [6, 6.07) is 70.1. The maximum Gasteiger partial charge on any atom is 0.308 e. The van der Waals surface area contributed by atoms with Crippen LogP contribution in [0.1, 0.15) is 307 Å². The monoisotopic (exact) mass is 1670 g/mol. The van der Waals surface area contributed by atoms with Gasteiger partial charge in [-0.25, -0.2) is 4.68 Å². The molecule has 0 saturated heterocycles. The summed E-state index contributed by atoms with van der Waals surface area (Å²) in [6.07, 6.45) is 6.43. The molecule has 10 aliphatic rings. The van der Waals surface area contributed by atoms with Crippen LogP contribution in [0.4, 0.5) is 11.4 Å². The van der Waals surface area contributed by atoms with Crippen LogP contribution in [0.5, 0.6) is 0 Å². The summed E-state index contributed by atoms with van der Waals surface area (Å²) in [4.78, 5) is 29.9. The number of fused-ring (bicyclic) bond motifs is 22. The summed E-state index contributed by atoms with van der Waals surface area (Å²) >= 11 is 0. The number of carbonyl (C=O) groups excluding carboxylic acids is 2. The third-order valence-electron chi connectivity index (χ3n) is 26.5. The summed E-state index contributed by atoms with van der Waals surface area (Å²) < 4.78 is 14.5. The van der Waals surface area contributed by atoms with E-state index in [0.717, 1.165) is 71.0 Å². The van der Waals surface area contributed by atoms with Crippen molar-refractivity contribution in [2.24, 2.45) is 76.9 Å². The number of rotatable bonds is 12. The molecule has 0 spiro atoms. The van der Waals surface area contributed by atoms with Gasteiger partial charge in [-0.05, 0) is 225 Å². The predicted molar refractivity (Wildman–Crippen MR) is 491 cm³/mol. The highest BCUT2D eigenvalue weighted by atomic mass is 16.5. The van der Waals surface area contributed by atoms with Crippen LogP contribution in [-0.4, -0.2) is 83.2 Å². The fraction of sp³-hybridized carbons (Fsp3) is 0.495. The number of ether oxygens (including phenoxy) is 2. The number of anilines is 2. The van der Waals surface area contributed by atoms with Gasteiger partial charge in [-0.2, -0.15) is 20.5 Å². The number of amides is 1. The van der Waals surface area contributed by atoms with E-state index >= 15 is 0 Å². The van der Waals surface area contributed by atoms with Crippen molar-refractivity contribution in [3.63, 3.8) is 0 Å². The van der Waals surface area contributed by atoms with E-state index in [1.165, 1.54) is 92.0 Å². The first-order valence-corrected chi connectivity index (χ1v) is 46.0. The van der Waals surface area contributed by atoms with Gasteiger partial charge in [-0.1, -0.05) is 250 Å². The van der Waals surface area contributed by atoms with Crippen molar-refractivity contribution in [3.8, 4) is 0 Å². The van der Waals surface area contributed by atoms with Crippen molar-refractivity contribution in [2.45, 2.75) is 293 Å². The molecule has 8 aromatic carbocycles. The maximum absolute atomic E-state index is 13.1. The minimum atomic E-state index is -0.323. The Labute approximate surface area is 736 Å². The van der Waals surface area contributed by atoms with E-state index in [1.54, 1.807) is 0 Å². The zero-order valence-electron chi connectivity index (χ0n) is 76.6. The first-order chi connectivity index (χ1) is 59.7.